The zero-order valence-electron chi connectivity index (χ0n) is 14.9. The predicted octanol–water partition coefficient (Wildman–Crippen LogP) is 4.19. The van der Waals surface area contributed by atoms with Crippen LogP contribution >= 0.6 is 0 Å². The Labute approximate surface area is 143 Å². The molecule has 24 heavy (non-hydrogen) atoms. The summed E-state index contributed by atoms with van der Waals surface area (Å²) in [6.07, 6.45) is 3.64. The fraction of sp³-hybridized carbons (Fsp3) is 0.650. The zero-order chi connectivity index (χ0) is 16.9. The minimum Gasteiger partial charge on any atom is -0.444 e. The van der Waals surface area contributed by atoms with Crippen LogP contribution in [0.25, 0.3) is 0 Å². The van der Waals surface area contributed by atoms with Crippen molar-refractivity contribution >= 4 is 6.09 Å². The summed E-state index contributed by atoms with van der Waals surface area (Å²) < 4.78 is 11.2. The Morgan fingerprint density at radius 3 is 2.83 bits per heavy atom. The number of fused-ring (bicyclic) bond motifs is 7. The summed E-state index contributed by atoms with van der Waals surface area (Å²) in [5.41, 5.74) is 5.45. The number of benzene rings is 1. The molecule has 0 saturated heterocycles. The van der Waals surface area contributed by atoms with Gasteiger partial charge in [-0.1, -0.05) is 12.1 Å². The van der Waals surface area contributed by atoms with E-state index in [2.05, 4.69) is 17.4 Å². The third-order valence-corrected chi connectivity index (χ3v) is 5.57. The monoisotopic (exact) mass is 329 g/mol. The van der Waals surface area contributed by atoms with E-state index in [1.54, 1.807) is 11.1 Å². The highest BCUT2D eigenvalue weighted by Crippen LogP contribution is 2.55. The Hall–Kier alpha value is -1.55. The van der Waals surface area contributed by atoms with Gasteiger partial charge in [0.2, 0.25) is 0 Å². The molecule has 3 atom stereocenters. The van der Waals surface area contributed by atoms with Gasteiger partial charge in [0, 0.05) is 12.5 Å². The van der Waals surface area contributed by atoms with Crippen molar-refractivity contribution in [3.8, 4) is 0 Å². The highest BCUT2D eigenvalue weighted by Gasteiger charge is 2.41. The van der Waals surface area contributed by atoms with E-state index in [9.17, 15) is 4.79 Å². The van der Waals surface area contributed by atoms with E-state index in [1.807, 2.05) is 20.8 Å². The van der Waals surface area contributed by atoms with Crippen molar-refractivity contribution in [2.24, 2.45) is 0 Å². The number of carbonyl (C=O) groups is 1. The molecule has 1 N–H and O–H groups in total. The minimum atomic E-state index is -0.467. The number of amides is 1. The third kappa shape index (κ3) is 2.81. The van der Waals surface area contributed by atoms with E-state index in [-0.39, 0.29) is 12.0 Å². The Morgan fingerprint density at radius 1 is 1.25 bits per heavy atom. The van der Waals surface area contributed by atoms with Crippen LogP contribution in [0.5, 0.6) is 0 Å². The molecule has 0 aromatic heterocycles. The first-order valence-electron chi connectivity index (χ1n) is 9.12. The minimum absolute atomic E-state index is 0.232. The van der Waals surface area contributed by atoms with Crippen LogP contribution in [0, 0.1) is 0 Å². The summed E-state index contributed by atoms with van der Waals surface area (Å²) in [4.78, 5) is 12.0. The molecule has 2 aliphatic carbocycles. The topological polar surface area (TPSA) is 47.6 Å². The molecule has 1 aromatic rings. The van der Waals surface area contributed by atoms with Crippen molar-refractivity contribution < 1.29 is 14.3 Å². The fourth-order valence-electron chi connectivity index (χ4n) is 4.72. The number of ether oxygens (including phenoxy) is 2. The molecule has 4 rings (SSSR count). The number of carbonyl (C=O) groups excluding carboxylic acids is 1. The number of alkyl carbamates (subject to hydrolysis) is 1. The molecule has 0 spiro atoms. The number of nitrogens with one attached hydrogen (secondary N) is 1. The Kier molecular flexibility index (Phi) is 3.83. The molecule has 4 nitrogen and oxygen atoms in total. The van der Waals surface area contributed by atoms with Gasteiger partial charge >= 0.3 is 6.09 Å². The molecule has 2 bridgehead atoms. The lowest BCUT2D eigenvalue weighted by molar-refractivity contribution is 0.0498. The molecule has 1 aliphatic heterocycles. The maximum absolute atomic E-state index is 12.0. The van der Waals surface area contributed by atoms with E-state index in [0.29, 0.717) is 19.8 Å². The normalized spacial score (nSPS) is 27.5. The van der Waals surface area contributed by atoms with Crippen LogP contribution in [-0.4, -0.2) is 24.8 Å². The second-order valence-corrected chi connectivity index (χ2v) is 8.44. The van der Waals surface area contributed by atoms with Crippen molar-refractivity contribution in [3.05, 3.63) is 34.4 Å². The van der Waals surface area contributed by atoms with E-state index in [0.717, 1.165) is 11.8 Å². The summed E-state index contributed by atoms with van der Waals surface area (Å²) >= 11 is 0. The summed E-state index contributed by atoms with van der Waals surface area (Å²) in [6, 6.07) is 4.57. The summed E-state index contributed by atoms with van der Waals surface area (Å²) in [5, 5.41) is 2.94. The first-order valence-corrected chi connectivity index (χ1v) is 9.12. The average Bonchev–Trinajstić information content (AvgIpc) is 3.12. The van der Waals surface area contributed by atoms with Crippen LogP contribution in [0.1, 0.15) is 80.0 Å². The Balaban J connectivity index is 1.55. The second-order valence-electron chi connectivity index (χ2n) is 8.44. The van der Waals surface area contributed by atoms with Crippen molar-refractivity contribution in [3.63, 3.8) is 0 Å². The molecule has 3 unspecified atom stereocenters. The maximum atomic E-state index is 12.0. The number of hydrogen-bond acceptors (Lipinski definition) is 3. The molecule has 1 heterocycles. The van der Waals surface area contributed by atoms with Gasteiger partial charge in [-0.05, 0) is 74.1 Å². The smallest absolute Gasteiger partial charge is 0.407 e. The van der Waals surface area contributed by atoms with Crippen LogP contribution in [0.4, 0.5) is 4.79 Å². The molecule has 1 amide bonds. The van der Waals surface area contributed by atoms with Gasteiger partial charge in [0.05, 0.1) is 13.2 Å². The lowest BCUT2D eigenvalue weighted by Crippen LogP contribution is -2.37. The first kappa shape index (κ1) is 15.9. The van der Waals surface area contributed by atoms with E-state index in [1.165, 1.54) is 30.4 Å². The first-order chi connectivity index (χ1) is 11.4. The van der Waals surface area contributed by atoms with Crippen LogP contribution in [0.15, 0.2) is 12.1 Å². The van der Waals surface area contributed by atoms with Crippen molar-refractivity contribution in [2.75, 3.05) is 13.2 Å². The zero-order valence-corrected chi connectivity index (χ0v) is 14.9. The van der Waals surface area contributed by atoms with Gasteiger partial charge in [0.1, 0.15) is 5.60 Å². The van der Waals surface area contributed by atoms with Gasteiger partial charge in [-0.3, -0.25) is 0 Å². The van der Waals surface area contributed by atoms with Crippen molar-refractivity contribution in [1.82, 2.24) is 5.32 Å². The van der Waals surface area contributed by atoms with Gasteiger partial charge in [-0.25, -0.2) is 4.79 Å². The van der Waals surface area contributed by atoms with Gasteiger partial charge in [0.25, 0.3) is 0 Å². The Morgan fingerprint density at radius 2 is 2.04 bits per heavy atom. The molecular formula is C20H27NO3. The summed E-state index contributed by atoms with van der Waals surface area (Å²) in [6.45, 7) is 7.61. The molecule has 1 fully saturated rings. The number of hydrogen-bond donors (Lipinski definition) is 1. The van der Waals surface area contributed by atoms with Crippen molar-refractivity contribution in [1.29, 1.82) is 0 Å². The molecule has 1 saturated carbocycles. The SMILES string of the molecule is CC(C)(C)OC(=O)NCC1COCc2ccc3c(c21)C1CCC3C1. The Bertz CT molecular complexity index is 662. The van der Waals surface area contributed by atoms with Crippen LogP contribution in [0.3, 0.4) is 0 Å². The summed E-state index contributed by atoms with van der Waals surface area (Å²) in [7, 11) is 0. The third-order valence-electron chi connectivity index (χ3n) is 5.57. The number of rotatable bonds is 2. The predicted molar refractivity (Wildman–Crippen MR) is 92.4 cm³/mol. The largest absolute Gasteiger partial charge is 0.444 e. The second kappa shape index (κ2) is 5.76. The van der Waals surface area contributed by atoms with Crippen LogP contribution in [-0.2, 0) is 16.1 Å². The summed E-state index contributed by atoms with van der Waals surface area (Å²) in [5.74, 6) is 1.72. The average molecular weight is 329 g/mol. The van der Waals surface area contributed by atoms with Gasteiger partial charge in [-0.2, -0.15) is 0 Å². The standard InChI is InChI=1S/C20H27NO3/c1-20(2,3)24-19(22)21-9-15-11-23-10-14-6-7-16-12-4-5-13(8-12)18(16)17(14)15/h6-7,12-13,15H,4-5,8-11H2,1-3H3,(H,21,22). The lowest BCUT2D eigenvalue weighted by Gasteiger charge is -2.31. The van der Waals surface area contributed by atoms with E-state index < -0.39 is 5.60 Å². The van der Waals surface area contributed by atoms with Crippen LogP contribution in [0.2, 0.25) is 0 Å². The highest BCUT2D eigenvalue weighted by molar-refractivity contribution is 5.68. The lowest BCUT2D eigenvalue weighted by atomic mass is 9.80. The molecule has 130 valence electrons. The van der Waals surface area contributed by atoms with Crippen molar-refractivity contribution in [2.45, 2.75) is 70.0 Å². The van der Waals surface area contributed by atoms with E-state index in [4.69, 9.17) is 9.47 Å². The van der Waals surface area contributed by atoms with Crippen LogP contribution < -0.4 is 5.32 Å². The quantitative estimate of drug-likeness (QED) is 0.885. The molecule has 0 radical (unpaired) electrons. The van der Waals surface area contributed by atoms with Gasteiger partial charge in [-0.15, -0.1) is 0 Å². The molecular weight excluding hydrogens is 302 g/mol. The molecule has 4 heteroatoms. The van der Waals surface area contributed by atoms with Gasteiger partial charge < -0.3 is 14.8 Å². The van der Waals surface area contributed by atoms with Gasteiger partial charge in [0.15, 0.2) is 0 Å². The maximum Gasteiger partial charge on any atom is 0.407 e. The molecule has 1 aromatic carbocycles. The van der Waals surface area contributed by atoms with E-state index >= 15 is 0 Å². The highest BCUT2D eigenvalue weighted by atomic mass is 16.6. The fourth-order valence-corrected chi connectivity index (χ4v) is 4.72. The molecule has 3 aliphatic rings.